The average molecular weight is 778 g/mol. The first kappa shape index (κ1) is 34.8. The van der Waals surface area contributed by atoms with Crippen LogP contribution < -0.4 is 0 Å². The van der Waals surface area contributed by atoms with Crippen LogP contribution in [0.15, 0.2) is 217 Å². The van der Waals surface area contributed by atoms with E-state index in [-0.39, 0.29) is 0 Å². The van der Waals surface area contributed by atoms with E-state index in [4.69, 9.17) is 19.4 Å². The van der Waals surface area contributed by atoms with Crippen LogP contribution in [0.1, 0.15) is 0 Å². The van der Waals surface area contributed by atoms with Gasteiger partial charge in [0.15, 0.2) is 17.5 Å². The lowest BCUT2D eigenvalue weighted by Crippen LogP contribution is -2.00. The number of furan rings is 1. The Balaban J connectivity index is 0.917. The Morgan fingerprint density at radius 1 is 0.213 bits per heavy atom. The molecule has 0 aliphatic heterocycles. The van der Waals surface area contributed by atoms with Crippen molar-refractivity contribution < 1.29 is 4.42 Å². The normalized spacial score (nSPS) is 11.6. The summed E-state index contributed by atoms with van der Waals surface area (Å²) in [6, 6.07) is 74.7. The zero-order valence-corrected chi connectivity index (χ0v) is 33.0. The molecule has 0 aliphatic rings. The van der Waals surface area contributed by atoms with Gasteiger partial charge in [-0.1, -0.05) is 170 Å². The zero-order valence-electron chi connectivity index (χ0n) is 33.0. The number of benzene rings is 10. The van der Waals surface area contributed by atoms with E-state index in [1.807, 2.05) is 36.4 Å². The topological polar surface area (TPSA) is 51.8 Å². The van der Waals surface area contributed by atoms with Gasteiger partial charge in [-0.2, -0.15) is 0 Å². The molecule has 0 atom stereocenters. The Morgan fingerprint density at radius 2 is 0.557 bits per heavy atom. The van der Waals surface area contributed by atoms with Crippen LogP contribution in [0.4, 0.5) is 0 Å². The van der Waals surface area contributed by atoms with Crippen molar-refractivity contribution in [2.75, 3.05) is 0 Å². The second-order valence-corrected chi connectivity index (χ2v) is 15.6. The van der Waals surface area contributed by atoms with E-state index < -0.39 is 0 Å². The van der Waals surface area contributed by atoms with E-state index >= 15 is 0 Å². The molecule has 10 aromatic carbocycles. The third kappa shape index (κ3) is 6.12. The van der Waals surface area contributed by atoms with Crippen molar-refractivity contribution in [3.63, 3.8) is 0 Å². The fraction of sp³-hybridized carbons (Fsp3) is 0. The maximum Gasteiger partial charge on any atom is 0.164 e. The molecule has 0 N–H and O–H groups in total. The van der Waals surface area contributed by atoms with Gasteiger partial charge in [0.2, 0.25) is 0 Å². The van der Waals surface area contributed by atoms with Gasteiger partial charge in [0.05, 0.1) is 0 Å². The Hall–Kier alpha value is -8.21. The second kappa shape index (κ2) is 14.3. The van der Waals surface area contributed by atoms with Crippen LogP contribution in [-0.2, 0) is 0 Å². The first-order valence-electron chi connectivity index (χ1n) is 20.6. The zero-order chi connectivity index (χ0) is 40.3. The quantitative estimate of drug-likeness (QED) is 0.158. The molecule has 0 unspecified atom stereocenters. The molecule has 0 saturated carbocycles. The van der Waals surface area contributed by atoms with Gasteiger partial charge in [0.25, 0.3) is 0 Å². The molecule has 0 fully saturated rings. The van der Waals surface area contributed by atoms with Crippen molar-refractivity contribution in [3.8, 4) is 67.5 Å². The number of hydrogen-bond acceptors (Lipinski definition) is 4. The van der Waals surface area contributed by atoms with E-state index in [0.29, 0.717) is 17.5 Å². The molecule has 284 valence electrons. The molecule has 0 spiro atoms. The lowest BCUT2D eigenvalue weighted by molar-refractivity contribution is 0.669. The van der Waals surface area contributed by atoms with Crippen molar-refractivity contribution in [1.82, 2.24) is 15.0 Å². The highest BCUT2D eigenvalue weighted by Crippen LogP contribution is 2.39. The smallest absolute Gasteiger partial charge is 0.164 e. The number of fused-ring (bicyclic) bond motifs is 9. The summed E-state index contributed by atoms with van der Waals surface area (Å²) < 4.78 is 6.64. The van der Waals surface area contributed by atoms with Crippen LogP contribution in [0, 0.1) is 0 Å². The summed E-state index contributed by atoms with van der Waals surface area (Å²) in [7, 11) is 0. The summed E-state index contributed by atoms with van der Waals surface area (Å²) in [5.74, 6) is 1.82. The highest BCUT2D eigenvalue weighted by atomic mass is 16.3. The van der Waals surface area contributed by atoms with Gasteiger partial charge in [0, 0.05) is 27.5 Å². The predicted octanol–water partition coefficient (Wildman–Crippen LogP) is 15.2. The second-order valence-electron chi connectivity index (χ2n) is 15.6. The molecule has 0 bridgehead atoms. The van der Waals surface area contributed by atoms with Crippen LogP contribution in [0.5, 0.6) is 0 Å². The molecule has 12 aromatic rings. The van der Waals surface area contributed by atoms with E-state index in [0.717, 1.165) is 60.9 Å². The van der Waals surface area contributed by atoms with Crippen LogP contribution >= 0.6 is 0 Å². The number of nitrogens with zero attached hydrogens (tertiary/aromatic N) is 3. The Kier molecular flexibility index (Phi) is 8.13. The Morgan fingerprint density at radius 3 is 1.15 bits per heavy atom. The molecular weight excluding hydrogens is 743 g/mol. The summed E-state index contributed by atoms with van der Waals surface area (Å²) in [4.78, 5) is 15.1. The summed E-state index contributed by atoms with van der Waals surface area (Å²) in [6.07, 6.45) is 0. The van der Waals surface area contributed by atoms with Crippen molar-refractivity contribution in [1.29, 1.82) is 0 Å². The molecular formula is C57H35N3O. The van der Waals surface area contributed by atoms with Crippen LogP contribution in [0.25, 0.3) is 122 Å². The maximum atomic E-state index is 6.64. The van der Waals surface area contributed by atoms with E-state index in [9.17, 15) is 0 Å². The molecule has 2 heterocycles. The molecule has 4 nitrogen and oxygen atoms in total. The van der Waals surface area contributed by atoms with Crippen LogP contribution in [-0.4, -0.2) is 15.0 Å². The molecule has 0 amide bonds. The first-order chi connectivity index (χ1) is 30.2. The van der Waals surface area contributed by atoms with Crippen molar-refractivity contribution >= 4 is 54.3 Å². The highest BCUT2D eigenvalue weighted by molar-refractivity contribution is 6.25. The SMILES string of the molecule is c1ccc(-c2cccc(-c3nc(-c4ccccc4)nc(-c4ccc5c(c4)oc4cc(-c6cccc(-c7ccc8c9ccccc9c9ccccc9c8c7)c6)ccc45)n3)c2)cc1. The maximum absolute atomic E-state index is 6.64. The van der Waals surface area contributed by atoms with Crippen molar-refractivity contribution in [2.24, 2.45) is 0 Å². The summed E-state index contributed by atoms with van der Waals surface area (Å²) in [5.41, 5.74) is 11.1. The molecule has 61 heavy (non-hydrogen) atoms. The minimum Gasteiger partial charge on any atom is -0.456 e. The monoisotopic (exact) mass is 777 g/mol. The van der Waals surface area contributed by atoms with Crippen LogP contribution in [0.2, 0.25) is 0 Å². The van der Waals surface area contributed by atoms with E-state index in [2.05, 4.69) is 176 Å². The lowest BCUT2D eigenvalue weighted by atomic mass is 9.91. The highest BCUT2D eigenvalue weighted by Gasteiger charge is 2.16. The van der Waals surface area contributed by atoms with Gasteiger partial charge in [-0.3, -0.25) is 0 Å². The Bertz CT molecular complexity index is 3610. The third-order valence-electron chi connectivity index (χ3n) is 11.9. The van der Waals surface area contributed by atoms with Gasteiger partial charge in [-0.15, -0.1) is 0 Å². The van der Waals surface area contributed by atoms with E-state index in [1.165, 1.54) is 43.4 Å². The number of hydrogen-bond donors (Lipinski definition) is 0. The van der Waals surface area contributed by atoms with Gasteiger partial charge in [0.1, 0.15) is 11.2 Å². The van der Waals surface area contributed by atoms with Gasteiger partial charge < -0.3 is 4.42 Å². The summed E-state index contributed by atoms with van der Waals surface area (Å²) in [6.45, 7) is 0. The molecule has 12 rings (SSSR count). The third-order valence-corrected chi connectivity index (χ3v) is 11.9. The van der Waals surface area contributed by atoms with Crippen LogP contribution in [0.3, 0.4) is 0 Å². The summed E-state index contributed by atoms with van der Waals surface area (Å²) >= 11 is 0. The molecule has 2 aromatic heterocycles. The largest absolute Gasteiger partial charge is 0.456 e. The van der Waals surface area contributed by atoms with E-state index in [1.54, 1.807) is 0 Å². The Labute approximate surface area is 352 Å². The number of aromatic nitrogens is 3. The fourth-order valence-corrected chi connectivity index (χ4v) is 8.88. The standard InChI is InChI=1S/C57H35N3O/c1-3-13-36(14-4-1)38-17-12-20-43(32-38)56-58-55(37-15-5-2-6-16-37)59-57(60-56)44-27-30-51-50-29-26-42(34-53(50)61-54(51)35-44)40-19-11-18-39(31-40)41-25-28-49-47-23-8-7-21-45(47)46-22-9-10-24-48(46)52(49)33-41/h1-35H. The van der Waals surface area contributed by atoms with Gasteiger partial charge >= 0.3 is 0 Å². The van der Waals surface area contributed by atoms with Gasteiger partial charge in [-0.25, -0.2) is 15.0 Å². The van der Waals surface area contributed by atoms with Crippen molar-refractivity contribution in [2.45, 2.75) is 0 Å². The average Bonchev–Trinajstić information content (AvgIpc) is 3.72. The van der Waals surface area contributed by atoms with Gasteiger partial charge in [-0.05, 0) is 108 Å². The van der Waals surface area contributed by atoms with Crippen molar-refractivity contribution in [3.05, 3.63) is 212 Å². The summed E-state index contributed by atoms with van der Waals surface area (Å²) in [5, 5.41) is 9.77. The fourth-order valence-electron chi connectivity index (χ4n) is 8.88. The minimum absolute atomic E-state index is 0.587. The molecule has 0 aliphatic carbocycles. The first-order valence-corrected chi connectivity index (χ1v) is 20.6. The minimum atomic E-state index is 0.587. The molecule has 0 radical (unpaired) electrons. The molecule has 4 heteroatoms. The predicted molar refractivity (Wildman–Crippen MR) is 252 cm³/mol. The molecule has 0 saturated heterocycles. The number of rotatable bonds is 6. The lowest BCUT2D eigenvalue weighted by Gasteiger charge is -2.12.